The summed E-state index contributed by atoms with van der Waals surface area (Å²) in [6.45, 7) is 2.19. The van der Waals surface area contributed by atoms with Crippen molar-refractivity contribution in [2.45, 2.75) is 12.8 Å². The first kappa shape index (κ1) is 17.1. The van der Waals surface area contributed by atoms with Gasteiger partial charge < -0.3 is 10.2 Å². The Morgan fingerprint density at radius 2 is 1.81 bits per heavy atom. The highest BCUT2D eigenvalue weighted by Crippen LogP contribution is 2.30. The summed E-state index contributed by atoms with van der Waals surface area (Å²) in [5.74, 6) is -0.215. The molecule has 1 aromatic heterocycles. The number of hydrogen-bond acceptors (Lipinski definition) is 4. The van der Waals surface area contributed by atoms with E-state index in [0.717, 1.165) is 35.2 Å². The number of anilines is 2. The fourth-order valence-corrected chi connectivity index (χ4v) is 4.13. The summed E-state index contributed by atoms with van der Waals surface area (Å²) in [5, 5.41) is 6.50. The molecule has 0 saturated carbocycles. The van der Waals surface area contributed by atoms with Crippen molar-refractivity contribution in [2.75, 3.05) is 23.3 Å². The predicted molar refractivity (Wildman–Crippen MR) is 108 cm³/mol. The zero-order chi connectivity index (χ0) is 17.9. The molecule has 0 aliphatic carbocycles. The van der Waals surface area contributed by atoms with Crippen LogP contribution in [0.25, 0.3) is 11.3 Å². The Labute approximate surface area is 161 Å². The van der Waals surface area contributed by atoms with E-state index in [9.17, 15) is 4.79 Å². The van der Waals surface area contributed by atoms with E-state index in [1.807, 2.05) is 24.3 Å². The molecule has 1 aliphatic heterocycles. The molecule has 6 heteroatoms. The van der Waals surface area contributed by atoms with Crippen LogP contribution >= 0.6 is 22.9 Å². The first-order valence-electron chi connectivity index (χ1n) is 8.57. The Morgan fingerprint density at radius 3 is 2.54 bits per heavy atom. The van der Waals surface area contributed by atoms with Gasteiger partial charge in [0.25, 0.3) is 5.91 Å². The lowest BCUT2D eigenvalue weighted by molar-refractivity contribution is 0.102. The van der Waals surface area contributed by atoms with Gasteiger partial charge in [-0.05, 0) is 37.1 Å². The van der Waals surface area contributed by atoms with E-state index in [2.05, 4.69) is 15.6 Å². The van der Waals surface area contributed by atoms with Gasteiger partial charge in [-0.15, -0.1) is 11.3 Å². The first-order valence-corrected chi connectivity index (χ1v) is 9.83. The van der Waals surface area contributed by atoms with Crippen molar-refractivity contribution in [1.29, 1.82) is 0 Å². The molecule has 0 unspecified atom stereocenters. The highest BCUT2D eigenvalue weighted by atomic mass is 35.5. The van der Waals surface area contributed by atoms with Gasteiger partial charge in [-0.1, -0.05) is 35.9 Å². The van der Waals surface area contributed by atoms with Crippen molar-refractivity contribution in [1.82, 2.24) is 4.98 Å². The van der Waals surface area contributed by atoms with Crippen molar-refractivity contribution in [3.8, 4) is 11.3 Å². The maximum Gasteiger partial charge on any atom is 0.257 e. The third-order valence-corrected chi connectivity index (χ3v) is 5.66. The lowest BCUT2D eigenvalue weighted by Gasteiger charge is -2.12. The number of carbonyl (C=O) groups excluding carboxylic acids is 1. The highest BCUT2D eigenvalue weighted by molar-refractivity contribution is 7.14. The van der Waals surface area contributed by atoms with E-state index in [-0.39, 0.29) is 5.91 Å². The van der Waals surface area contributed by atoms with E-state index >= 15 is 0 Å². The van der Waals surface area contributed by atoms with Gasteiger partial charge in [-0.25, -0.2) is 4.98 Å². The molecule has 0 radical (unpaired) electrons. The largest absolute Gasteiger partial charge is 0.348 e. The molecule has 1 aliphatic rings. The summed E-state index contributed by atoms with van der Waals surface area (Å²) in [6, 6.07) is 14.7. The average Bonchev–Trinajstić information content (AvgIpc) is 3.34. The van der Waals surface area contributed by atoms with E-state index in [1.165, 1.54) is 12.8 Å². The van der Waals surface area contributed by atoms with E-state index in [0.29, 0.717) is 10.6 Å². The van der Waals surface area contributed by atoms with Gasteiger partial charge in [0.15, 0.2) is 5.13 Å². The summed E-state index contributed by atoms with van der Waals surface area (Å²) >= 11 is 7.76. The van der Waals surface area contributed by atoms with Crippen LogP contribution in [0.15, 0.2) is 53.9 Å². The number of thiazole rings is 1. The van der Waals surface area contributed by atoms with Crippen LogP contribution in [0.4, 0.5) is 10.8 Å². The van der Waals surface area contributed by atoms with Crippen LogP contribution in [0, 0.1) is 0 Å². The third-order valence-electron chi connectivity index (χ3n) is 4.43. The predicted octanol–water partition coefficient (Wildman–Crippen LogP) is 5.32. The van der Waals surface area contributed by atoms with Gasteiger partial charge in [-0.2, -0.15) is 0 Å². The second-order valence-electron chi connectivity index (χ2n) is 6.22. The van der Waals surface area contributed by atoms with Crippen molar-refractivity contribution in [2.24, 2.45) is 0 Å². The fraction of sp³-hybridized carbons (Fsp3) is 0.200. The number of amides is 1. The number of carbonyl (C=O) groups is 1. The molecular formula is C20H18ClN3OS. The quantitative estimate of drug-likeness (QED) is 0.663. The van der Waals surface area contributed by atoms with Gasteiger partial charge in [0, 0.05) is 29.7 Å². The maximum absolute atomic E-state index is 12.3. The molecule has 0 spiro atoms. The first-order chi connectivity index (χ1) is 12.7. The lowest BCUT2D eigenvalue weighted by atomic mass is 10.1. The number of rotatable bonds is 4. The van der Waals surface area contributed by atoms with Gasteiger partial charge >= 0.3 is 0 Å². The summed E-state index contributed by atoms with van der Waals surface area (Å²) < 4.78 is 0. The van der Waals surface area contributed by atoms with Crippen LogP contribution < -0.4 is 10.2 Å². The zero-order valence-electron chi connectivity index (χ0n) is 14.1. The Morgan fingerprint density at radius 1 is 1.08 bits per heavy atom. The molecule has 2 heterocycles. The molecule has 1 amide bonds. The molecule has 1 N–H and O–H groups in total. The van der Waals surface area contributed by atoms with Crippen molar-refractivity contribution >= 4 is 39.7 Å². The van der Waals surface area contributed by atoms with Gasteiger partial charge in [0.05, 0.1) is 16.3 Å². The van der Waals surface area contributed by atoms with Gasteiger partial charge in [0.1, 0.15) is 0 Å². The molecule has 4 rings (SSSR count). The molecule has 132 valence electrons. The second kappa shape index (κ2) is 7.48. The van der Waals surface area contributed by atoms with Crippen LogP contribution in [0.2, 0.25) is 5.02 Å². The number of aromatic nitrogens is 1. The minimum Gasteiger partial charge on any atom is -0.348 e. The summed E-state index contributed by atoms with van der Waals surface area (Å²) in [5.41, 5.74) is 3.21. The topological polar surface area (TPSA) is 45.2 Å². The van der Waals surface area contributed by atoms with Crippen molar-refractivity contribution in [3.05, 3.63) is 64.5 Å². The summed E-state index contributed by atoms with van der Waals surface area (Å²) in [6.07, 6.45) is 2.49. The van der Waals surface area contributed by atoms with Crippen LogP contribution in [-0.2, 0) is 0 Å². The smallest absolute Gasteiger partial charge is 0.257 e. The SMILES string of the molecule is O=C(Nc1ccc(-c2csc(N3CCCC3)n2)cc1)c1ccccc1Cl. The summed E-state index contributed by atoms with van der Waals surface area (Å²) in [7, 11) is 0. The number of hydrogen-bond donors (Lipinski definition) is 1. The van der Waals surface area contributed by atoms with Gasteiger partial charge in [0.2, 0.25) is 0 Å². The Balaban J connectivity index is 1.47. The lowest BCUT2D eigenvalue weighted by Crippen LogP contribution is -2.17. The Bertz CT molecular complexity index is 917. The zero-order valence-corrected chi connectivity index (χ0v) is 15.7. The maximum atomic E-state index is 12.3. The standard InChI is InChI=1S/C20H18ClN3OS/c21-17-6-2-1-5-16(17)19(25)22-15-9-7-14(8-10-15)18-13-26-20(23-18)24-11-3-4-12-24/h1-2,5-10,13H,3-4,11-12H2,(H,22,25). The van der Waals surface area contributed by atoms with Crippen molar-refractivity contribution < 1.29 is 4.79 Å². The van der Waals surface area contributed by atoms with Crippen LogP contribution in [0.3, 0.4) is 0 Å². The normalized spacial score (nSPS) is 13.8. The van der Waals surface area contributed by atoms with Crippen LogP contribution in [-0.4, -0.2) is 24.0 Å². The molecule has 1 fully saturated rings. The molecular weight excluding hydrogens is 366 g/mol. The average molecular weight is 384 g/mol. The van der Waals surface area contributed by atoms with E-state index in [4.69, 9.17) is 16.6 Å². The number of nitrogens with zero attached hydrogens (tertiary/aromatic N) is 2. The number of benzene rings is 2. The fourth-order valence-electron chi connectivity index (χ4n) is 3.02. The second-order valence-corrected chi connectivity index (χ2v) is 7.46. The van der Waals surface area contributed by atoms with Crippen LogP contribution in [0.5, 0.6) is 0 Å². The Kier molecular flexibility index (Phi) is 4.91. The minimum absolute atomic E-state index is 0.215. The molecule has 2 aromatic carbocycles. The summed E-state index contributed by atoms with van der Waals surface area (Å²) in [4.78, 5) is 19.4. The highest BCUT2D eigenvalue weighted by Gasteiger charge is 2.16. The van der Waals surface area contributed by atoms with Crippen molar-refractivity contribution in [3.63, 3.8) is 0 Å². The molecule has 26 heavy (non-hydrogen) atoms. The number of halogens is 1. The van der Waals surface area contributed by atoms with E-state index < -0.39 is 0 Å². The van der Waals surface area contributed by atoms with Crippen LogP contribution in [0.1, 0.15) is 23.2 Å². The number of nitrogens with one attached hydrogen (secondary N) is 1. The monoisotopic (exact) mass is 383 g/mol. The third kappa shape index (κ3) is 3.59. The Hall–Kier alpha value is -2.37. The van der Waals surface area contributed by atoms with Gasteiger partial charge in [-0.3, -0.25) is 4.79 Å². The minimum atomic E-state index is -0.215. The molecule has 0 atom stereocenters. The molecule has 0 bridgehead atoms. The molecule has 1 saturated heterocycles. The van der Waals surface area contributed by atoms with E-state index in [1.54, 1.807) is 35.6 Å². The molecule has 4 nitrogen and oxygen atoms in total. The molecule has 3 aromatic rings.